The van der Waals surface area contributed by atoms with Gasteiger partial charge in [-0.1, -0.05) is 18.2 Å². The highest BCUT2D eigenvalue weighted by Crippen LogP contribution is 2.23. The predicted molar refractivity (Wildman–Crippen MR) is 114 cm³/mol. The summed E-state index contributed by atoms with van der Waals surface area (Å²) in [6, 6.07) is 10.3. The van der Waals surface area contributed by atoms with E-state index in [1.807, 2.05) is 38.8 Å². The number of aromatic nitrogens is 8. The van der Waals surface area contributed by atoms with Crippen molar-refractivity contribution in [2.45, 2.75) is 6.54 Å². The molecule has 10 nitrogen and oxygen atoms in total. The van der Waals surface area contributed by atoms with Crippen molar-refractivity contribution < 1.29 is 0 Å². The van der Waals surface area contributed by atoms with E-state index in [1.165, 1.54) is 0 Å². The van der Waals surface area contributed by atoms with Crippen LogP contribution in [0.25, 0.3) is 22.2 Å². The van der Waals surface area contributed by atoms with Gasteiger partial charge in [0.15, 0.2) is 5.65 Å². The molecule has 4 aromatic heterocycles. The molecule has 0 fully saturated rings. The smallest absolute Gasteiger partial charge is 0.243 e. The third kappa shape index (κ3) is 3.34. The predicted octanol–water partition coefficient (Wildman–Crippen LogP) is 2.45. The summed E-state index contributed by atoms with van der Waals surface area (Å²) in [5.41, 5.74) is 7.31. The molecule has 30 heavy (non-hydrogen) atoms. The summed E-state index contributed by atoms with van der Waals surface area (Å²) < 4.78 is 5.40. The lowest BCUT2D eigenvalue weighted by Gasteiger charge is -2.09. The van der Waals surface area contributed by atoms with Gasteiger partial charge in [-0.3, -0.25) is 10.1 Å². The van der Waals surface area contributed by atoms with Gasteiger partial charge >= 0.3 is 0 Å². The fourth-order valence-electron chi connectivity index (χ4n) is 3.29. The second kappa shape index (κ2) is 7.32. The van der Waals surface area contributed by atoms with E-state index < -0.39 is 0 Å². The van der Waals surface area contributed by atoms with Crippen LogP contribution in [0.1, 0.15) is 5.56 Å². The van der Waals surface area contributed by atoms with E-state index in [0.29, 0.717) is 12.5 Å². The molecular weight excluding hydrogens is 380 g/mol. The normalized spacial score (nSPS) is 11.1. The quantitative estimate of drug-likeness (QED) is 0.451. The second-order valence-corrected chi connectivity index (χ2v) is 6.98. The van der Waals surface area contributed by atoms with Crippen molar-refractivity contribution >= 4 is 22.8 Å². The molecule has 4 heterocycles. The average molecular weight is 400 g/mol. The van der Waals surface area contributed by atoms with E-state index in [-0.39, 0.29) is 0 Å². The molecule has 0 amide bonds. The van der Waals surface area contributed by atoms with Crippen molar-refractivity contribution in [2.24, 2.45) is 14.1 Å². The number of nitrogens with zero attached hydrogens (tertiary/aromatic N) is 8. The molecule has 0 spiro atoms. The first kappa shape index (κ1) is 17.9. The van der Waals surface area contributed by atoms with E-state index in [1.54, 1.807) is 26.6 Å². The van der Waals surface area contributed by atoms with E-state index in [2.05, 4.69) is 60.3 Å². The standard InChI is InChI=1S/C20H20N10/c1-28-13-24-26-20(28)27-30-7-6-17-18(22-12-23-19(17)30)21-9-14-4-3-5-15(8-14)16-10-25-29(2)11-16/h3-8,10-13H,9H2,1-2H3,(H,26,27)(H,21,22,23). The first-order valence-electron chi connectivity index (χ1n) is 9.42. The molecule has 0 saturated carbocycles. The minimum Gasteiger partial charge on any atom is -0.365 e. The maximum atomic E-state index is 4.42. The Bertz CT molecular complexity index is 1310. The number of nitrogens with one attached hydrogen (secondary N) is 2. The van der Waals surface area contributed by atoms with Gasteiger partial charge in [-0.2, -0.15) is 5.10 Å². The number of benzene rings is 1. The Hall–Kier alpha value is -4.21. The lowest BCUT2D eigenvalue weighted by Crippen LogP contribution is -2.12. The summed E-state index contributed by atoms with van der Waals surface area (Å²) in [6.07, 6.45) is 8.95. The molecule has 0 bridgehead atoms. The lowest BCUT2D eigenvalue weighted by atomic mass is 10.1. The van der Waals surface area contributed by atoms with Gasteiger partial charge in [0.2, 0.25) is 5.95 Å². The molecule has 0 unspecified atom stereocenters. The van der Waals surface area contributed by atoms with Gasteiger partial charge in [-0.15, -0.1) is 10.2 Å². The van der Waals surface area contributed by atoms with E-state index in [0.717, 1.165) is 33.5 Å². The molecule has 0 aliphatic heterocycles. The molecule has 0 aliphatic carbocycles. The highest BCUT2D eigenvalue weighted by Gasteiger charge is 2.10. The van der Waals surface area contributed by atoms with Crippen molar-refractivity contribution in [1.29, 1.82) is 0 Å². The van der Waals surface area contributed by atoms with Gasteiger partial charge in [0.05, 0.1) is 11.6 Å². The molecule has 2 N–H and O–H groups in total. The summed E-state index contributed by atoms with van der Waals surface area (Å²) in [5, 5.41) is 16.5. The zero-order valence-electron chi connectivity index (χ0n) is 16.6. The largest absolute Gasteiger partial charge is 0.365 e. The van der Waals surface area contributed by atoms with Crippen molar-refractivity contribution in [3.8, 4) is 11.1 Å². The van der Waals surface area contributed by atoms with Gasteiger partial charge in [0, 0.05) is 38.6 Å². The number of anilines is 2. The number of aryl methyl sites for hydroxylation is 2. The average Bonchev–Trinajstić information content (AvgIpc) is 3.48. The van der Waals surface area contributed by atoms with Crippen molar-refractivity contribution in [3.63, 3.8) is 0 Å². The van der Waals surface area contributed by atoms with Crippen LogP contribution in [0.15, 0.2) is 61.6 Å². The molecule has 0 atom stereocenters. The molecule has 0 saturated heterocycles. The van der Waals surface area contributed by atoms with Gasteiger partial charge in [0.25, 0.3) is 0 Å². The van der Waals surface area contributed by atoms with Crippen LogP contribution in [-0.2, 0) is 20.6 Å². The zero-order valence-corrected chi connectivity index (χ0v) is 16.6. The fraction of sp³-hybridized carbons (Fsp3) is 0.150. The summed E-state index contributed by atoms with van der Waals surface area (Å²) in [7, 11) is 3.79. The molecule has 5 aromatic rings. The van der Waals surface area contributed by atoms with Crippen LogP contribution in [0, 0.1) is 0 Å². The molecule has 150 valence electrons. The lowest BCUT2D eigenvalue weighted by molar-refractivity contribution is 0.768. The van der Waals surface area contributed by atoms with Gasteiger partial charge in [0.1, 0.15) is 18.5 Å². The van der Waals surface area contributed by atoms with Crippen LogP contribution in [0.4, 0.5) is 11.8 Å². The third-order valence-electron chi connectivity index (χ3n) is 4.84. The monoisotopic (exact) mass is 400 g/mol. The van der Waals surface area contributed by atoms with Crippen LogP contribution in [0.3, 0.4) is 0 Å². The number of hydrogen-bond acceptors (Lipinski definition) is 7. The number of rotatable bonds is 6. The van der Waals surface area contributed by atoms with Crippen molar-refractivity contribution in [3.05, 3.63) is 67.1 Å². The van der Waals surface area contributed by atoms with Crippen LogP contribution in [0.5, 0.6) is 0 Å². The van der Waals surface area contributed by atoms with Gasteiger partial charge in [-0.25, -0.2) is 14.6 Å². The van der Waals surface area contributed by atoms with E-state index in [4.69, 9.17) is 0 Å². The Kier molecular flexibility index (Phi) is 4.36. The fourth-order valence-corrected chi connectivity index (χ4v) is 3.29. The van der Waals surface area contributed by atoms with Crippen LogP contribution >= 0.6 is 0 Å². The Balaban J connectivity index is 1.37. The Morgan fingerprint density at radius 1 is 1.07 bits per heavy atom. The molecule has 1 aromatic carbocycles. The molecule has 5 rings (SSSR count). The highest BCUT2D eigenvalue weighted by molar-refractivity contribution is 5.87. The minimum absolute atomic E-state index is 0.618. The summed E-state index contributed by atoms with van der Waals surface area (Å²) in [4.78, 5) is 8.83. The zero-order chi connectivity index (χ0) is 20.5. The first-order valence-corrected chi connectivity index (χ1v) is 9.42. The first-order chi connectivity index (χ1) is 14.7. The Morgan fingerprint density at radius 2 is 2.00 bits per heavy atom. The number of hydrogen-bond donors (Lipinski definition) is 2. The summed E-state index contributed by atoms with van der Waals surface area (Å²) in [6.45, 7) is 0.641. The Morgan fingerprint density at radius 3 is 2.80 bits per heavy atom. The molecule has 0 aliphatic rings. The van der Waals surface area contributed by atoms with Crippen LogP contribution in [0.2, 0.25) is 0 Å². The molecule has 0 radical (unpaired) electrons. The highest BCUT2D eigenvalue weighted by atomic mass is 15.5. The molecule has 10 heteroatoms. The second-order valence-electron chi connectivity index (χ2n) is 6.98. The third-order valence-corrected chi connectivity index (χ3v) is 4.84. The Labute approximate surface area is 172 Å². The molecular formula is C20H20N10. The van der Waals surface area contributed by atoms with E-state index in [9.17, 15) is 0 Å². The maximum absolute atomic E-state index is 4.42. The SMILES string of the molecule is Cn1cc(-c2cccc(CNc3ncnc4c3ccn4Nc3nncn3C)c2)cn1. The minimum atomic E-state index is 0.618. The van der Waals surface area contributed by atoms with Crippen LogP contribution < -0.4 is 10.7 Å². The van der Waals surface area contributed by atoms with Crippen molar-refractivity contribution in [2.75, 3.05) is 10.7 Å². The van der Waals surface area contributed by atoms with Crippen molar-refractivity contribution in [1.82, 2.24) is 39.2 Å². The topological polar surface area (TPSA) is 103 Å². The number of fused-ring (bicyclic) bond motifs is 1. The van der Waals surface area contributed by atoms with Gasteiger partial charge < -0.3 is 9.88 Å². The van der Waals surface area contributed by atoms with E-state index >= 15 is 0 Å². The summed E-state index contributed by atoms with van der Waals surface area (Å²) in [5.74, 6) is 1.39. The summed E-state index contributed by atoms with van der Waals surface area (Å²) >= 11 is 0. The maximum Gasteiger partial charge on any atom is 0.243 e. The van der Waals surface area contributed by atoms with Gasteiger partial charge in [-0.05, 0) is 23.3 Å². The van der Waals surface area contributed by atoms with Crippen LogP contribution in [-0.4, -0.2) is 39.2 Å².